The zero-order chi connectivity index (χ0) is 14.7. The number of hydrogen-bond donors (Lipinski definition) is 2. The topological polar surface area (TPSA) is 50.9 Å². The second-order valence-electron chi connectivity index (χ2n) is 4.27. The van der Waals surface area contributed by atoms with E-state index in [2.05, 4.69) is 24.3 Å². The van der Waals surface area contributed by atoms with Crippen LogP contribution < -0.4 is 11.3 Å². The fourth-order valence-electron chi connectivity index (χ4n) is 1.54. The van der Waals surface area contributed by atoms with E-state index in [0.29, 0.717) is 20.4 Å². The number of nitrogens with two attached hydrogens (primary N) is 1. The predicted molar refractivity (Wildman–Crippen MR) is 91.0 cm³/mol. The molecule has 0 saturated carbocycles. The number of aromatic nitrogens is 1. The molecule has 0 aliphatic carbocycles. The number of anilines is 1. The van der Waals surface area contributed by atoms with Gasteiger partial charge >= 0.3 is 0 Å². The van der Waals surface area contributed by atoms with E-state index in [1.54, 1.807) is 29.2 Å². The van der Waals surface area contributed by atoms with E-state index in [1.165, 1.54) is 0 Å². The van der Waals surface area contributed by atoms with Crippen LogP contribution in [0.5, 0.6) is 0 Å². The van der Waals surface area contributed by atoms with E-state index < -0.39 is 0 Å². The van der Waals surface area contributed by atoms with Gasteiger partial charge in [0.15, 0.2) is 5.13 Å². The molecule has 0 amide bonds. The van der Waals surface area contributed by atoms with Crippen molar-refractivity contribution in [3.8, 4) is 11.3 Å². The average molecular weight is 348 g/mol. The smallest absolute Gasteiger partial charge is 0.198 e. The van der Waals surface area contributed by atoms with Gasteiger partial charge in [0.2, 0.25) is 0 Å². The summed E-state index contributed by atoms with van der Waals surface area (Å²) in [5.74, 6) is 5.47. The van der Waals surface area contributed by atoms with Crippen molar-refractivity contribution in [1.29, 1.82) is 0 Å². The van der Waals surface area contributed by atoms with Crippen molar-refractivity contribution in [1.82, 2.24) is 4.98 Å². The van der Waals surface area contributed by atoms with Crippen LogP contribution in [0, 0.1) is 0 Å². The van der Waals surface area contributed by atoms with E-state index in [1.807, 2.05) is 12.1 Å². The van der Waals surface area contributed by atoms with Crippen molar-refractivity contribution in [2.45, 2.75) is 29.7 Å². The van der Waals surface area contributed by atoms with E-state index in [4.69, 9.17) is 29.0 Å². The van der Waals surface area contributed by atoms with Crippen molar-refractivity contribution in [2.75, 3.05) is 5.43 Å². The Kier molecular flexibility index (Phi) is 5.57. The summed E-state index contributed by atoms with van der Waals surface area (Å²) in [4.78, 5) is 4.52. The van der Waals surface area contributed by atoms with Gasteiger partial charge in [-0.1, -0.05) is 54.5 Å². The Balaban J connectivity index is 2.42. The van der Waals surface area contributed by atoms with Crippen molar-refractivity contribution < 1.29 is 0 Å². The summed E-state index contributed by atoms with van der Waals surface area (Å²) in [6.07, 6.45) is 1.09. The SMILES string of the molecule is CCC(C)Sc1sc(NN)nc1-c1ccc(Cl)c(Cl)c1. The lowest BCUT2D eigenvalue weighted by molar-refractivity contribution is 0.907. The van der Waals surface area contributed by atoms with E-state index in [-0.39, 0.29) is 0 Å². The van der Waals surface area contributed by atoms with Crippen LogP contribution in [0.15, 0.2) is 22.4 Å². The number of nitrogens with one attached hydrogen (secondary N) is 1. The highest BCUT2D eigenvalue weighted by Crippen LogP contribution is 2.41. The fraction of sp³-hybridized carbons (Fsp3) is 0.308. The van der Waals surface area contributed by atoms with Crippen LogP contribution in [-0.4, -0.2) is 10.2 Å². The Morgan fingerprint density at radius 3 is 2.75 bits per heavy atom. The first-order valence-corrected chi connectivity index (χ1v) is 8.59. The largest absolute Gasteiger partial charge is 0.300 e. The second-order valence-corrected chi connectivity index (χ2v) is 7.79. The van der Waals surface area contributed by atoms with Gasteiger partial charge in [-0.25, -0.2) is 10.8 Å². The van der Waals surface area contributed by atoms with Gasteiger partial charge in [-0.3, -0.25) is 5.43 Å². The number of halogens is 2. The van der Waals surface area contributed by atoms with Crippen molar-refractivity contribution >= 4 is 51.4 Å². The minimum absolute atomic E-state index is 0.516. The van der Waals surface area contributed by atoms with E-state index in [9.17, 15) is 0 Å². The van der Waals surface area contributed by atoms with Gasteiger partial charge in [-0.15, -0.1) is 11.8 Å². The first-order valence-electron chi connectivity index (χ1n) is 6.14. The summed E-state index contributed by atoms with van der Waals surface area (Å²) in [6, 6.07) is 5.54. The summed E-state index contributed by atoms with van der Waals surface area (Å²) in [7, 11) is 0. The summed E-state index contributed by atoms with van der Waals surface area (Å²) < 4.78 is 1.13. The summed E-state index contributed by atoms with van der Waals surface area (Å²) in [5.41, 5.74) is 4.45. The third-order valence-electron chi connectivity index (χ3n) is 2.80. The summed E-state index contributed by atoms with van der Waals surface area (Å²) in [5, 5.41) is 2.28. The summed E-state index contributed by atoms with van der Waals surface area (Å²) >= 11 is 15.4. The Morgan fingerprint density at radius 2 is 2.15 bits per heavy atom. The molecule has 1 atom stereocenters. The van der Waals surface area contributed by atoms with Crippen LogP contribution in [0.3, 0.4) is 0 Å². The predicted octanol–water partition coefficient (Wildman–Crippen LogP) is 5.29. The molecular weight excluding hydrogens is 333 g/mol. The molecule has 0 saturated heterocycles. The van der Waals surface area contributed by atoms with Crippen molar-refractivity contribution in [3.05, 3.63) is 28.2 Å². The first-order chi connectivity index (χ1) is 9.55. The molecule has 1 aromatic heterocycles. The molecule has 0 aliphatic heterocycles. The van der Waals surface area contributed by atoms with E-state index >= 15 is 0 Å². The molecule has 3 nitrogen and oxygen atoms in total. The fourth-order valence-corrected chi connectivity index (χ4v) is 4.20. The number of nitrogen functional groups attached to an aromatic ring is 1. The summed E-state index contributed by atoms with van der Waals surface area (Å²) in [6.45, 7) is 4.36. The quantitative estimate of drug-likeness (QED) is 0.438. The highest BCUT2D eigenvalue weighted by atomic mass is 35.5. The molecule has 1 aromatic carbocycles. The Labute approximate surface area is 136 Å². The third kappa shape index (κ3) is 3.59. The Hall–Kier alpha value is -0.460. The highest BCUT2D eigenvalue weighted by Gasteiger charge is 2.16. The van der Waals surface area contributed by atoms with Gasteiger partial charge in [-0.2, -0.15) is 0 Å². The van der Waals surface area contributed by atoms with Gasteiger partial charge in [0.05, 0.1) is 19.9 Å². The van der Waals surface area contributed by atoms with Gasteiger partial charge in [0.25, 0.3) is 0 Å². The number of thioether (sulfide) groups is 1. The lowest BCUT2D eigenvalue weighted by atomic mass is 10.2. The maximum absolute atomic E-state index is 6.09. The monoisotopic (exact) mass is 347 g/mol. The Bertz CT molecular complexity index is 601. The molecule has 0 bridgehead atoms. The molecular formula is C13H15Cl2N3S2. The zero-order valence-electron chi connectivity index (χ0n) is 11.1. The Morgan fingerprint density at radius 1 is 1.40 bits per heavy atom. The molecule has 1 unspecified atom stereocenters. The molecule has 3 N–H and O–H groups in total. The van der Waals surface area contributed by atoms with Crippen LogP contribution in [0.25, 0.3) is 11.3 Å². The number of hydrazine groups is 1. The minimum atomic E-state index is 0.516. The van der Waals surface area contributed by atoms with Crippen molar-refractivity contribution in [2.24, 2.45) is 5.84 Å². The maximum Gasteiger partial charge on any atom is 0.198 e. The molecule has 2 aromatic rings. The zero-order valence-corrected chi connectivity index (χ0v) is 14.3. The van der Waals surface area contributed by atoms with Crippen LogP contribution in [0.4, 0.5) is 5.13 Å². The standard InChI is InChI=1S/C13H15Cl2N3S2/c1-3-7(2)19-12-11(17-13(18-16)20-12)8-4-5-9(14)10(15)6-8/h4-7H,3,16H2,1-2H3,(H,17,18). The van der Waals surface area contributed by atoms with Crippen molar-refractivity contribution in [3.63, 3.8) is 0 Å². The molecule has 108 valence electrons. The lowest BCUT2D eigenvalue weighted by Crippen LogP contribution is -2.05. The first kappa shape index (κ1) is 15.9. The molecule has 0 radical (unpaired) electrons. The van der Waals surface area contributed by atoms with Gasteiger partial charge in [0, 0.05) is 10.8 Å². The number of thiazole rings is 1. The number of nitrogens with zero attached hydrogens (tertiary/aromatic N) is 1. The highest BCUT2D eigenvalue weighted by molar-refractivity contribution is 8.01. The number of rotatable bonds is 5. The molecule has 0 spiro atoms. The molecule has 2 rings (SSSR count). The maximum atomic E-state index is 6.09. The van der Waals surface area contributed by atoms with Crippen LogP contribution in [-0.2, 0) is 0 Å². The van der Waals surface area contributed by atoms with E-state index in [0.717, 1.165) is 21.9 Å². The normalized spacial score (nSPS) is 12.4. The molecule has 20 heavy (non-hydrogen) atoms. The number of hydrogen-bond acceptors (Lipinski definition) is 5. The van der Waals surface area contributed by atoms with Gasteiger partial charge in [-0.05, 0) is 18.6 Å². The molecule has 7 heteroatoms. The second kappa shape index (κ2) is 7.00. The number of benzene rings is 1. The molecule has 0 aliphatic rings. The minimum Gasteiger partial charge on any atom is -0.300 e. The lowest BCUT2D eigenvalue weighted by Gasteiger charge is -2.08. The van der Waals surface area contributed by atoms with Crippen LogP contribution in [0.1, 0.15) is 20.3 Å². The molecule has 1 heterocycles. The van der Waals surface area contributed by atoms with Gasteiger partial charge < -0.3 is 0 Å². The molecule has 0 fully saturated rings. The average Bonchev–Trinajstić information content (AvgIpc) is 2.84. The van der Waals surface area contributed by atoms with Crippen LogP contribution in [0.2, 0.25) is 10.0 Å². The van der Waals surface area contributed by atoms with Crippen LogP contribution >= 0.6 is 46.3 Å². The van der Waals surface area contributed by atoms with Gasteiger partial charge in [0.1, 0.15) is 0 Å². The third-order valence-corrected chi connectivity index (χ3v) is 6.00.